The van der Waals surface area contributed by atoms with Gasteiger partial charge in [-0.25, -0.2) is 0 Å². The fourth-order valence-electron chi connectivity index (χ4n) is 0.142. The van der Waals surface area contributed by atoms with Crippen molar-refractivity contribution in [3.8, 4) is 0 Å². The van der Waals surface area contributed by atoms with Gasteiger partial charge in [-0.2, -0.15) is 0 Å². The first-order chi connectivity index (χ1) is 3.27. The van der Waals surface area contributed by atoms with Crippen molar-refractivity contribution in [1.82, 2.24) is 0 Å². The second kappa shape index (κ2) is 8.07. The van der Waals surface area contributed by atoms with Gasteiger partial charge in [-0.3, -0.25) is 0 Å². The van der Waals surface area contributed by atoms with Crippen LogP contribution in [0.5, 0.6) is 0 Å². The minimum Gasteiger partial charge on any atom is -0.512 e. The molecule has 5 heteroatoms. The Labute approximate surface area is 81.8 Å². The standard InChI is InChI=1S/C3H7NOS2.Na/c4-1-2-5-3(6)7;/h1-2,4H2,(H,6,7);/q;+1/p-1. The first-order valence-corrected chi connectivity index (χ1v) is 2.63. The summed E-state index contributed by atoms with van der Waals surface area (Å²) in [5.41, 5.74) is 5.05. The maximum Gasteiger partial charge on any atom is 1.00 e. The fraction of sp³-hybridized carbons (Fsp3) is 0.667. The molecule has 42 valence electrons. The third kappa shape index (κ3) is 10.1. The monoisotopic (exact) mass is 159 g/mol. The van der Waals surface area contributed by atoms with Crippen molar-refractivity contribution >= 4 is 29.2 Å². The molecular formula is C3H6NNaOS2. The van der Waals surface area contributed by atoms with E-state index < -0.39 is 0 Å². The number of hydrogen-bond acceptors (Lipinski definition) is 4. The zero-order valence-corrected chi connectivity index (χ0v) is 8.35. The molecule has 0 aliphatic rings. The minimum atomic E-state index is 0. The van der Waals surface area contributed by atoms with Crippen LogP contribution in [0.2, 0.25) is 0 Å². The van der Waals surface area contributed by atoms with Gasteiger partial charge in [0.15, 0.2) is 0 Å². The van der Waals surface area contributed by atoms with Gasteiger partial charge < -0.3 is 35.3 Å². The molecule has 0 aliphatic heterocycles. The molecule has 0 aliphatic carbocycles. The number of thiocarbonyl (C=S) groups is 1. The van der Waals surface area contributed by atoms with Crippen molar-refractivity contribution in [3.05, 3.63) is 0 Å². The number of hydrogen-bond donors (Lipinski definition) is 1. The number of rotatable bonds is 2. The molecule has 0 fully saturated rings. The molecule has 2 N–H and O–H groups in total. The van der Waals surface area contributed by atoms with Crippen LogP contribution < -0.4 is 35.3 Å². The van der Waals surface area contributed by atoms with Crippen molar-refractivity contribution in [2.75, 3.05) is 13.2 Å². The van der Waals surface area contributed by atoms with E-state index in [1.807, 2.05) is 0 Å². The smallest absolute Gasteiger partial charge is 0.512 e. The quantitative estimate of drug-likeness (QED) is 0.261. The van der Waals surface area contributed by atoms with E-state index in [0.29, 0.717) is 13.2 Å². The Morgan fingerprint density at radius 2 is 2.25 bits per heavy atom. The molecule has 2 nitrogen and oxygen atoms in total. The van der Waals surface area contributed by atoms with Gasteiger partial charge >= 0.3 is 29.6 Å². The molecule has 0 unspecified atom stereocenters. The van der Waals surface area contributed by atoms with Gasteiger partial charge in [0.25, 0.3) is 0 Å². The molecule has 0 aromatic heterocycles. The molecule has 0 atom stereocenters. The van der Waals surface area contributed by atoms with Crippen LogP contribution in [0.4, 0.5) is 0 Å². The van der Waals surface area contributed by atoms with Gasteiger partial charge in [-0.1, -0.05) is 0 Å². The Kier molecular flexibility index (Phi) is 11.9. The molecular weight excluding hydrogens is 153 g/mol. The average Bonchev–Trinajstić information content (AvgIpc) is 1.61. The van der Waals surface area contributed by atoms with Crippen molar-refractivity contribution in [2.45, 2.75) is 0 Å². The number of nitrogens with two attached hydrogens (primary N) is 1. The van der Waals surface area contributed by atoms with Crippen LogP contribution in [-0.4, -0.2) is 17.5 Å². The molecule has 0 radical (unpaired) electrons. The predicted molar refractivity (Wildman–Crippen MR) is 35.0 cm³/mol. The van der Waals surface area contributed by atoms with E-state index >= 15 is 0 Å². The van der Waals surface area contributed by atoms with Crippen LogP contribution in [-0.2, 0) is 17.4 Å². The first-order valence-electron chi connectivity index (χ1n) is 1.81. The topological polar surface area (TPSA) is 35.2 Å². The van der Waals surface area contributed by atoms with E-state index in [4.69, 9.17) is 5.73 Å². The molecule has 0 spiro atoms. The summed E-state index contributed by atoms with van der Waals surface area (Å²) >= 11 is 8.80. The van der Waals surface area contributed by atoms with Gasteiger partial charge in [0.2, 0.25) is 0 Å². The summed E-state index contributed by atoms with van der Waals surface area (Å²) in [7, 11) is 0. The minimum absolute atomic E-state index is 0. The van der Waals surface area contributed by atoms with E-state index in [2.05, 4.69) is 29.6 Å². The van der Waals surface area contributed by atoms with Crippen LogP contribution in [0, 0.1) is 0 Å². The third-order valence-corrected chi connectivity index (χ3v) is 0.573. The first kappa shape index (κ1) is 11.8. The van der Waals surface area contributed by atoms with Crippen molar-refractivity contribution in [2.24, 2.45) is 5.73 Å². The van der Waals surface area contributed by atoms with Gasteiger partial charge in [-0.15, -0.1) is 0 Å². The Balaban J connectivity index is 0. The molecule has 8 heavy (non-hydrogen) atoms. The summed E-state index contributed by atoms with van der Waals surface area (Å²) in [5, 5.41) is 0. The maximum absolute atomic E-state index is 5.05. The molecule has 0 saturated carbocycles. The molecule has 0 amide bonds. The summed E-state index contributed by atoms with van der Waals surface area (Å²) < 4.78 is 4.76. The van der Waals surface area contributed by atoms with Crippen LogP contribution in [0.3, 0.4) is 0 Å². The summed E-state index contributed by atoms with van der Waals surface area (Å²) in [5.74, 6) is 0. The summed E-state index contributed by atoms with van der Waals surface area (Å²) in [6.07, 6.45) is 0. The molecule has 0 aromatic rings. The van der Waals surface area contributed by atoms with Crippen LogP contribution in [0.15, 0.2) is 0 Å². The molecule has 0 heterocycles. The van der Waals surface area contributed by atoms with Gasteiger partial charge in [0.1, 0.15) is 0 Å². The summed E-state index contributed by atoms with van der Waals surface area (Å²) in [4.78, 5) is 0. The van der Waals surface area contributed by atoms with Crippen molar-refractivity contribution in [1.29, 1.82) is 0 Å². The van der Waals surface area contributed by atoms with E-state index in [9.17, 15) is 0 Å². The normalized spacial score (nSPS) is 7.12. The predicted octanol–water partition coefficient (Wildman–Crippen LogP) is -3.20. The Bertz CT molecular complexity index is 70.3. The number of ether oxygens (including phenoxy) is 1. The molecule has 0 rings (SSSR count). The zero-order valence-electron chi connectivity index (χ0n) is 4.72. The maximum atomic E-state index is 5.05. The van der Waals surface area contributed by atoms with Crippen molar-refractivity contribution in [3.63, 3.8) is 0 Å². The van der Waals surface area contributed by atoms with E-state index in [1.165, 1.54) is 0 Å². The third-order valence-electron chi connectivity index (χ3n) is 0.338. The van der Waals surface area contributed by atoms with Gasteiger partial charge in [0.05, 0.1) is 6.61 Å². The SMILES string of the molecule is NCCOC(=S)[S-].[Na+]. The Hall–Kier alpha value is 1.07. The summed E-state index contributed by atoms with van der Waals surface area (Å²) in [6.45, 7) is 0.902. The zero-order chi connectivity index (χ0) is 5.70. The van der Waals surface area contributed by atoms with E-state index in [1.54, 1.807) is 0 Å². The average molecular weight is 159 g/mol. The fourth-order valence-corrected chi connectivity index (χ4v) is 0.309. The van der Waals surface area contributed by atoms with Crippen LogP contribution in [0.25, 0.3) is 0 Å². The molecule has 0 saturated heterocycles. The Morgan fingerprint density at radius 1 is 1.75 bits per heavy atom. The van der Waals surface area contributed by atoms with Gasteiger partial charge in [0, 0.05) is 10.9 Å². The van der Waals surface area contributed by atoms with E-state index in [-0.39, 0.29) is 33.9 Å². The van der Waals surface area contributed by atoms with Crippen LogP contribution >= 0.6 is 12.2 Å². The largest absolute Gasteiger partial charge is 1.00 e. The van der Waals surface area contributed by atoms with Crippen molar-refractivity contribution < 1.29 is 34.3 Å². The van der Waals surface area contributed by atoms with Gasteiger partial charge in [-0.05, 0) is 0 Å². The second-order valence-electron chi connectivity index (χ2n) is 0.887. The second-order valence-corrected chi connectivity index (χ2v) is 1.89. The van der Waals surface area contributed by atoms with Crippen LogP contribution in [0.1, 0.15) is 0 Å². The Morgan fingerprint density at radius 3 is 2.38 bits per heavy atom. The molecule has 0 aromatic carbocycles. The summed E-state index contributed by atoms with van der Waals surface area (Å²) in [6, 6.07) is 0. The van der Waals surface area contributed by atoms with E-state index in [0.717, 1.165) is 0 Å². The molecule has 0 bridgehead atoms.